The molecule has 0 saturated carbocycles. The van der Waals surface area contributed by atoms with E-state index in [-0.39, 0.29) is 12.5 Å². The largest absolute Gasteiger partial charge is 0.482 e. The highest BCUT2D eigenvalue weighted by Gasteiger charge is 2.04. The maximum atomic E-state index is 11.7. The fourth-order valence-corrected chi connectivity index (χ4v) is 2.06. The molecule has 1 amide bonds. The molecule has 0 spiro atoms. The minimum Gasteiger partial charge on any atom is -0.482 e. The van der Waals surface area contributed by atoms with Gasteiger partial charge >= 0.3 is 0 Å². The van der Waals surface area contributed by atoms with Crippen molar-refractivity contribution >= 4 is 23.2 Å². The van der Waals surface area contributed by atoms with Crippen LogP contribution < -0.4 is 15.8 Å². The fourth-order valence-electron chi connectivity index (χ4n) is 1.85. The van der Waals surface area contributed by atoms with E-state index < -0.39 is 0 Å². The Kier molecular flexibility index (Phi) is 5.46. The second-order valence-corrected chi connectivity index (χ2v) is 4.99. The molecule has 0 unspecified atom stereocenters. The molecule has 3 N–H and O–H groups in total. The third-order valence-corrected chi connectivity index (χ3v) is 3.14. The maximum Gasteiger partial charge on any atom is 0.257 e. The van der Waals surface area contributed by atoms with E-state index in [1.165, 1.54) is 0 Å². The Bertz CT molecular complexity index is 617. The van der Waals surface area contributed by atoms with Crippen LogP contribution in [0.4, 0.5) is 5.69 Å². The van der Waals surface area contributed by atoms with Crippen molar-refractivity contribution in [3.8, 4) is 5.75 Å². The molecule has 0 atom stereocenters. The summed E-state index contributed by atoms with van der Waals surface area (Å²) in [5, 5.41) is 3.49. The van der Waals surface area contributed by atoms with Gasteiger partial charge in [-0.2, -0.15) is 0 Å². The number of hydrogen-bond acceptors (Lipinski definition) is 3. The number of ether oxygens (including phenoxy) is 1. The van der Waals surface area contributed by atoms with E-state index in [0.29, 0.717) is 23.0 Å². The van der Waals surface area contributed by atoms with Crippen LogP contribution in [0, 0.1) is 0 Å². The van der Waals surface area contributed by atoms with Gasteiger partial charge in [0.15, 0.2) is 6.61 Å². The summed E-state index contributed by atoms with van der Waals surface area (Å²) >= 11 is 5.90. The highest BCUT2D eigenvalue weighted by atomic mass is 35.5. The van der Waals surface area contributed by atoms with E-state index >= 15 is 0 Å². The Labute approximate surface area is 128 Å². The molecule has 21 heavy (non-hydrogen) atoms. The number of hydrogen-bond donors (Lipinski definition) is 2. The van der Waals surface area contributed by atoms with Crippen LogP contribution in [0.2, 0.25) is 5.02 Å². The number of para-hydroxylation sites is 2. The van der Waals surface area contributed by atoms with Gasteiger partial charge in [-0.15, -0.1) is 0 Å². The van der Waals surface area contributed by atoms with E-state index in [1.807, 2.05) is 36.4 Å². The van der Waals surface area contributed by atoms with Crippen LogP contribution in [0.3, 0.4) is 0 Å². The SMILES string of the molecule is Nc1ccccc1OCC(=O)NCCc1cccc(Cl)c1. The first-order valence-electron chi connectivity index (χ1n) is 6.63. The van der Waals surface area contributed by atoms with E-state index in [2.05, 4.69) is 5.32 Å². The normalized spacial score (nSPS) is 10.1. The van der Waals surface area contributed by atoms with Gasteiger partial charge in [0.25, 0.3) is 5.91 Å². The molecule has 5 heteroatoms. The molecule has 110 valence electrons. The second kappa shape index (κ2) is 7.55. The van der Waals surface area contributed by atoms with Crippen molar-refractivity contribution in [2.45, 2.75) is 6.42 Å². The number of nitrogen functional groups attached to an aromatic ring is 1. The van der Waals surface area contributed by atoms with Crippen LogP contribution in [0.1, 0.15) is 5.56 Å². The molecular weight excluding hydrogens is 288 g/mol. The summed E-state index contributed by atoms with van der Waals surface area (Å²) in [6.45, 7) is 0.483. The van der Waals surface area contributed by atoms with Gasteiger partial charge in [-0.1, -0.05) is 35.9 Å². The number of carbonyl (C=O) groups is 1. The number of rotatable bonds is 6. The number of carbonyl (C=O) groups excluding carboxylic acids is 1. The highest BCUT2D eigenvalue weighted by molar-refractivity contribution is 6.30. The average molecular weight is 305 g/mol. The summed E-state index contributed by atoms with van der Waals surface area (Å²) < 4.78 is 5.36. The summed E-state index contributed by atoms with van der Waals surface area (Å²) in [7, 11) is 0. The molecule has 0 aliphatic heterocycles. The third kappa shape index (κ3) is 5.00. The van der Waals surface area contributed by atoms with Gasteiger partial charge in [0.2, 0.25) is 0 Å². The summed E-state index contributed by atoms with van der Waals surface area (Å²) in [6.07, 6.45) is 0.722. The predicted molar refractivity (Wildman–Crippen MR) is 84.5 cm³/mol. The number of nitrogens with one attached hydrogen (secondary N) is 1. The van der Waals surface area contributed by atoms with Crippen molar-refractivity contribution in [3.63, 3.8) is 0 Å². The van der Waals surface area contributed by atoms with Crippen molar-refractivity contribution in [1.29, 1.82) is 0 Å². The monoisotopic (exact) mass is 304 g/mol. The highest BCUT2D eigenvalue weighted by Crippen LogP contribution is 2.19. The first-order chi connectivity index (χ1) is 10.1. The Morgan fingerprint density at radius 2 is 2.00 bits per heavy atom. The maximum absolute atomic E-state index is 11.7. The molecule has 0 heterocycles. The summed E-state index contributed by atoms with van der Waals surface area (Å²) in [5.74, 6) is 0.336. The Morgan fingerprint density at radius 3 is 2.76 bits per heavy atom. The van der Waals surface area contributed by atoms with Crippen LogP contribution in [0.15, 0.2) is 48.5 Å². The molecule has 0 bridgehead atoms. The van der Waals surface area contributed by atoms with E-state index in [4.69, 9.17) is 22.1 Å². The van der Waals surface area contributed by atoms with Gasteiger partial charge in [0.1, 0.15) is 5.75 Å². The summed E-state index contributed by atoms with van der Waals surface area (Å²) in [6, 6.07) is 14.6. The molecule has 0 aliphatic carbocycles. The van der Waals surface area contributed by atoms with Gasteiger partial charge in [-0.05, 0) is 36.2 Å². The van der Waals surface area contributed by atoms with Crippen molar-refractivity contribution in [2.75, 3.05) is 18.9 Å². The molecule has 0 fully saturated rings. The predicted octanol–water partition coefficient (Wildman–Crippen LogP) is 2.66. The van der Waals surface area contributed by atoms with Crippen LogP contribution in [-0.4, -0.2) is 19.1 Å². The van der Waals surface area contributed by atoms with Gasteiger partial charge in [0.05, 0.1) is 5.69 Å². The lowest BCUT2D eigenvalue weighted by atomic mass is 10.1. The van der Waals surface area contributed by atoms with Crippen molar-refractivity contribution in [1.82, 2.24) is 5.32 Å². The van der Waals surface area contributed by atoms with Crippen molar-refractivity contribution in [3.05, 3.63) is 59.1 Å². The zero-order valence-corrected chi connectivity index (χ0v) is 12.3. The smallest absolute Gasteiger partial charge is 0.257 e. The Balaban J connectivity index is 1.72. The molecule has 0 aliphatic rings. The van der Waals surface area contributed by atoms with Gasteiger partial charge in [-0.25, -0.2) is 0 Å². The standard InChI is InChI=1S/C16H17ClN2O2/c17-13-5-3-4-12(10-13)8-9-19-16(20)11-21-15-7-2-1-6-14(15)18/h1-7,10H,8-9,11,18H2,(H,19,20). The molecule has 0 saturated heterocycles. The number of benzene rings is 2. The van der Waals surface area contributed by atoms with Crippen molar-refractivity contribution in [2.24, 2.45) is 0 Å². The zero-order valence-electron chi connectivity index (χ0n) is 11.5. The number of halogens is 1. The van der Waals surface area contributed by atoms with E-state index in [1.54, 1.807) is 12.1 Å². The molecule has 0 aromatic heterocycles. The number of nitrogens with two attached hydrogens (primary N) is 1. The van der Waals surface area contributed by atoms with Crippen LogP contribution in [0.5, 0.6) is 5.75 Å². The van der Waals surface area contributed by atoms with Gasteiger partial charge in [0, 0.05) is 11.6 Å². The lowest BCUT2D eigenvalue weighted by Gasteiger charge is -2.09. The minimum absolute atomic E-state index is 0.0518. The quantitative estimate of drug-likeness (QED) is 0.806. The molecular formula is C16H17ClN2O2. The first kappa shape index (κ1) is 15.2. The van der Waals surface area contributed by atoms with E-state index in [9.17, 15) is 4.79 Å². The van der Waals surface area contributed by atoms with Crippen LogP contribution in [0.25, 0.3) is 0 Å². The minimum atomic E-state index is -0.180. The second-order valence-electron chi connectivity index (χ2n) is 4.56. The van der Waals surface area contributed by atoms with Gasteiger partial charge < -0.3 is 15.8 Å². The molecule has 2 aromatic carbocycles. The molecule has 0 radical (unpaired) electrons. The average Bonchev–Trinajstić information content (AvgIpc) is 2.46. The molecule has 2 aromatic rings. The van der Waals surface area contributed by atoms with Crippen LogP contribution >= 0.6 is 11.6 Å². The number of anilines is 1. The Hall–Kier alpha value is -2.20. The van der Waals surface area contributed by atoms with Gasteiger partial charge in [-0.3, -0.25) is 4.79 Å². The molecule has 2 rings (SSSR count). The summed E-state index contributed by atoms with van der Waals surface area (Å²) in [5.41, 5.74) is 7.33. The first-order valence-corrected chi connectivity index (χ1v) is 7.01. The fraction of sp³-hybridized carbons (Fsp3) is 0.188. The summed E-state index contributed by atoms with van der Waals surface area (Å²) in [4.78, 5) is 11.7. The van der Waals surface area contributed by atoms with E-state index in [0.717, 1.165) is 12.0 Å². The van der Waals surface area contributed by atoms with Crippen LogP contribution in [-0.2, 0) is 11.2 Å². The van der Waals surface area contributed by atoms with Crippen molar-refractivity contribution < 1.29 is 9.53 Å². The lowest BCUT2D eigenvalue weighted by Crippen LogP contribution is -2.30. The lowest BCUT2D eigenvalue weighted by molar-refractivity contribution is -0.123. The topological polar surface area (TPSA) is 64.3 Å². The Morgan fingerprint density at radius 1 is 1.19 bits per heavy atom. The number of amides is 1. The molecule has 4 nitrogen and oxygen atoms in total. The third-order valence-electron chi connectivity index (χ3n) is 2.90. The zero-order chi connectivity index (χ0) is 15.1.